The number of fused-ring (bicyclic) bond motifs is 7. The van der Waals surface area contributed by atoms with Gasteiger partial charge in [-0.3, -0.25) is 0 Å². The lowest BCUT2D eigenvalue weighted by Crippen LogP contribution is -2.59. The second kappa shape index (κ2) is 7.16. The molecule has 2 saturated heterocycles. The van der Waals surface area contributed by atoms with Crippen LogP contribution in [0.1, 0.15) is 79.1 Å². The molecule has 32 heavy (non-hydrogen) atoms. The second-order valence-electron chi connectivity index (χ2n) is 13.4. The first-order chi connectivity index (χ1) is 15.1. The zero-order valence-electron chi connectivity index (χ0n) is 20.4. The van der Waals surface area contributed by atoms with Gasteiger partial charge >= 0.3 is 0 Å². The highest BCUT2D eigenvalue weighted by Gasteiger charge is 2.71. The van der Waals surface area contributed by atoms with Crippen molar-refractivity contribution in [3.05, 3.63) is 0 Å². The van der Waals surface area contributed by atoms with Gasteiger partial charge in [0.25, 0.3) is 0 Å². The molecule has 4 unspecified atom stereocenters. The van der Waals surface area contributed by atoms with Gasteiger partial charge in [-0.15, -0.1) is 0 Å². The highest BCUT2D eigenvalue weighted by molar-refractivity contribution is 5.17. The Morgan fingerprint density at radius 1 is 0.812 bits per heavy atom. The minimum atomic E-state index is -0.824. The average Bonchev–Trinajstić information content (AvgIpc) is 3.18. The topological polar surface area (TPSA) is 79.2 Å². The van der Waals surface area contributed by atoms with Crippen LogP contribution in [0.3, 0.4) is 0 Å². The maximum atomic E-state index is 11.2. The molecule has 6 aliphatic rings. The molecular weight excluding hydrogens is 404 g/mol. The Labute approximate surface area is 193 Å². The maximum Gasteiger partial charge on any atom is 0.197 e. The van der Waals surface area contributed by atoms with E-state index in [1.807, 2.05) is 0 Å². The van der Waals surface area contributed by atoms with Crippen molar-refractivity contribution in [2.75, 3.05) is 6.61 Å². The van der Waals surface area contributed by atoms with Crippen LogP contribution < -0.4 is 0 Å². The predicted molar refractivity (Wildman–Crippen MR) is 121 cm³/mol. The van der Waals surface area contributed by atoms with Crippen molar-refractivity contribution < 1.29 is 24.8 Å². The van der Waals surface area contributed by atoms with Gasteiger partial charge in [0.1, 0.15) is 6.10 Å². The van der Waals surface area contributed by atoms with E-state index in [1.54, 1.807) is 0 Å². The highest BCUT2D eigenvalue weighted by Crippen LogP contribution is 2.71. The van der Waals surface area contributed by atoms with Crippen molar-refractivity contribution >= 4 is 0 Å². The smallest absolute Gasteiger partial charge is 0.197 e. The van der Waals surface area contributed by atoms with Crippen molar-refractivity contribution in [1.82, 2.24) is 0 Å². The van der Waals surface area contributed by atoms with Crippen molar-refractivity contribution in [3.8, 4) is 0 Å². The van der Waals surface area contributed by atoms with Gasteiger partial charge in [0, 0.05) is 5.92 Å². The van der Waals surface area contributed by atoms with Gasteiger partial charge in [-0.25, -0.2) is 0 Å². The minimum absolute atomic E-state index is 0.146. The third-order valence-electron chi connectivity index (χ3n) is 11.9. The van der Waals surface area contributed by atoms with Gasteiger partial charge in [-0.2, -0.15) is 0 Å². The largest absolute Gasteiger partial charge is 0.393 e. The summed E-state index contributed by atoms with van der Waals surface area (Å²) in [6, 6.07) is 0. The molecule has 5 heteroatoms. The Hall–Kier alpha value is -0.200. The first-order valence-electron chi connectivity index (χ1n) is 13.5. The minimum Gasteiger partial charge on any atom is -0.393 e. The quantitative estimate of drug-likeness (QED) is 0.526. The molecule has 3 N–H and O–H groups in total. The summed E-state index contributed by atoms with van der Waals surface area (Å²) in [5.74, 6) is 2.12. The van der Waals surface area contributed by atoms with E-state index in [4.69, 9.17) is 9.47 Å². The van der Waals surface area contributed by atoms with Crippen molar-refractivity contribution in [1.29, 1.82) is 0 Å². The summed E-state index contributed by atoms with van der Waals surface area (Å²) in [5.41, 5.74) is 0.324. The van der Waals surface area contributed by atoms with Crippen molar-refractivity contribution in [2.45, 2.75) is 109 Å². The van der Waals surface area contributed by atoms with Gasteiger partial charge in [0.2, 0.25) is 0 Å². The molecule has 0 aromatic rings. The molecule has 2 heterocycles. The van der Waals surface area contributed by atoms with Crippen LogP contribution >= 0.6 is 0 Å². The fourth-order valence-corrected chi connectivity index (χ4v) is 10.4. The van der Waals surface area contributed by atoms with Crippen LogP contribution in [0.5, 0.6) is 0 Å². The molecular formula is C27H44O5. The zero-order chi connectivity index (χ0) is 22.6. The van der Waals surface area contributed by atoms with Crippen LogP contribution in [-0.4, -0.2) is 52.1 Å². The monoisotopic (exact) mass is 448 g/mol. The first-order valence-corrected chi connectivity index (χ1v) is 13.5. The highest BCUT2D eigenvalue weighted by atomic mass is 16.7. The first kappa shape index (κ1) is 22.3. The number of aliphatic hydroxyl groups excluding tert-OH is 3. The van der Waals surface area contributed by atoms with Crippen LogP contribution in [0, 0.1) is 52.3 Å². The molecule has 2 aliphatic heterocycles. The fourth-order valence-electron chi connectivity index (χ4n) is 10.4. The lowest BCUT2D eigenvalue weighted by Gasteiger charge is -2.62. The van der Waals surface area contributed by atoms with Crippen LogP contribution in [0.25, 0.3) is 0 Å². The Balaban J connectivity index is 1.29. The predicted octanol–water partition coefficient (Wildman–Crippen LogP) is 3.74. The average molecular weight is 449 g/mol. The van der Waals surface area contributed by atoms with Crippen LogP contribution in [0.2, 0.25) is 0 Å². The number of hydrogen-bond donors (Lipinski definition) is 3. The van der Waals surface area contributed by atoms with Crippen LogP contribution in [-0.2, 0) is 9.47 Å². The lowest BCUT2D eigenvalue weighted by molar-refractivity contribution is -0.316. The van der Waals surface area contributed by atoms with E-state index < -0.39 is 11.9 Å². The van der Waals surface area contributed by atoms with Gasteiger partial charge in [0.05, 0.1) is 24.9 Å². The number of hydrogen-bond acceptors (Lipinski definition) is 5. The maximum absolute atomic E-state index is 11.2. The van der Waals surface area contributed by atoms with E-state index in [9.17, 15) is 15.3 Å². The molecule has 0 aromatic heterocycles. The standard InChI is InChI=1S/C27H44O5/c1-14-9-23(30)27(31-13-14)15(2)24-22(32-27)12-19-17-11-21(29)20-10-16(28)5-7-25(20,3)18(17)6-8-26(19,24)4/h14-24,28-30H,5-13H2,1-4H3/t14-,15?,16-,17+,18-,19-,20+,21+,22?,23?,24?,25+,26-,27-/m0/s1. The summed E-state index contributed by atoms with van der Waals surface area (Å²) in [6.45, 7) is 9.98. The fraction of sp³-hybridized carbons (Fsp3) is 1.00. The zero-order valence-corrected chi connectivity index (χ0v) is 20.4. The summed E-state index contributed by atoms with van der Waals surface area (Å²) in [6.07, 6.45) is 6.86. The molecule has 0 aromatic carbocycles. The molecule has 0 amide bonds. The summed E-state index contributed by atoms with van der Waals surface area (Å²) >= 11 is 0. The summed E-state index contributed by atoms with van der Waals surface area (Å²) in [7, 11) is 0. The Bertz CT molecular complexity index is 758. The molecule has 0 radical (unpaired) electrons. The third-order valence-corrected chi connectivity index (χ3v) is 11.9. The third kappa shape index (κ3) is 2.75. The van der Waals surface area contributed by atoms with E-state index in [0.717, 1.165) is 38.5 Å². The number of aliphatic hydroxyl groups is 3. The van der Waals surface area contributed by atoms with E-state index in [0.29, 0.717) is 36.2 Å². The molecule has 6 rings (SSSR count). The van der Waals surface area contributed by atoms with E-state index >= 15 is 0 Å². The Morgan fingerprint density at radius 2 is 1.56 bits per heavy atom. The van der Waals surface area contributed by atoms with E-state index in [-0.39, 0.29) is 41.0 Å². The van der Waals surface area contributed by atoms with Gasteiger partial charge in [0.15, 0.2) is 5.79 Å². The molecule has 1 spiro atoms. The second-order valence-corrected chi connectivity index (χ2v) is 13.4. The lowest BCUT2D eigenvalue weighted by atomic mass is 9.43. The van der Waals surface area contributed by atoms with E-state index in [1.165, 1.54) is 12.8 Å². The molecule has 4 aliphatic carbocycles. The molecule has 182 valence electrons. The molecule has 6 fully saturated rings. The molecule has 4 saturated carbocycles. The van der Waals surface area contributed by atoms with Gasteiger partial charge in [-0.1, -0.05) is 27.7 Å². The van der Waals surface area contributed by atoms with Crippen LogP contribution in [0.15, 0.2) is 0 Å². The summed E-state index contributed by atoms with van der Waals surface area (Å²) < 4.78 is 13.0. The number of ether oxygens (including phenoxy) is 2. The summed E-state index contributed by atoms with van der Waals surface area (Å²) in [4.78, 5) is 0. The SMILES string of the molecule is CC1C2C(C[C@H]3[C@@H]4C[C@@H](O)[C@H]5C[C@@H](O)CC[C@]5(C)[C@H]4CC[C@]23C)O[C@@]12OC[C@@H](C)CC2O. The van der Waals surface area contributed by atoms with Gasteiger partial charge < -0.3 is 24.8 Å². The van der Waals surface area contributed by atoms with Crippen LogP contribution in [0.4, 0.5) is 0 Å². The molecule has 14 atom stereocenters. The van der Waals surface area contributed by atoms with Crippen molar-refractivity contribution in [2.24, 2.45) is 52.3 Å². The molecule has 5 nitrogen and oxygen atoms in total. The van der Waals surface area contributed by atoms with Crippen molar-refractivity contribution in [3.63, 3.8) is 0 Å². The Kier molecular flexibility index (Phi) is 4.99. The van der Waals surface area contributed by atoms with E-state index in [2.05, 4.69) is 27.7 Å². The normalized spacial score (nSPS) is 64.0. The Morgan fingerprint density at radius 3 is 2.31 bits per heavy atom. The molecule has 0 bridgehead atoms. The summed E-state index contributed by atoms with van der Waals surface area (Å²) in [5, 5.41) is 32.6. The number of rotatable bonds is 0. The van der Waals surface area contributed by atoms with Gasteiger partial charge in [-0.05, 0) is 97.7 Å².